The van der Waals surface area contributed by atoms with E-state index in [9.17, 15) is 0 Å². The molecule has 0 saturated heterocycles. The maximum Gasteiger partial charge on any atom is 0.124 e. The molecule has 0 aliphatic rings. The highest BCUT2D eigenvalue weighted by Gasteiger charge is 2.09. The summed E-state index contributed by atoms with van der Waals surface area (Å²) in [7, 11) is 0. The number of rotatable bonds is 9. The van der Waals surface area contributed by atoms with Crippen LogP contribution in [0.25, 0.3) is 0 Å². The summed E-state index contributed by atoms with van der Waals surface area (Å²) >= 11 is 12.4. The standard InChI is InChI=1S/C24H25Cl2NO/c1-18(11-12-19-7-3-2-4-8-19)27-16-21-15-22(25)13-14-24(21)28-17-20-9-5-6-10-23(20)26/h2-10,13-15,18,27H,11-12,16-17H2,1H3/t18-/m0/s1. The van der Waals surface area contributed by atoms with E-state index in [4.69, 9.17) is 27.9 Å². The third-order valence-corrected chi connectivity index (χ3v) is 5.32. The average molecular weight is 414 g/mol. The first-order valence-corrected chi connectivity index (χ1v) is 10.3. The topological polar surface area (TPSA) is 21.3 Å². The van der Waals surface area contributed by atoms with Crippen LogP contribution in [0.1, 0.15) is 30.0 Å². The summed E-state index contributed by atoms with van der Waals surface area (Å²) in [5, 5.41) is 5.00. The van der Waals surface area contributed by atoms with Crippen molar-refractivity contribution in [2.24, 2.45) is 0 Å². The highest BCUT2D eigenvalue weighted by Crippen LogP contribution is 2.25. The Labute approximate surface area is 177 Å². The van der Waals surface area contributed by atoms with Gasteiger partial charge in [0.25, 0.3) is 0 Å². The van der Waals surface area contributed by atoms with E-state index in [1.165, 1.54) is 5.56 Å². The van der Waals surface area contributed by atoms with Crippen LogP contribution in [0, 0.1) is 0 Å². The number of hydrogen-bond donors (Lipinski definition) is 1. The molecule has 0 heterocycles. The second-order valence-corrected chi connectivity index (χ2v) is 7.78. The molecule has 3 aromatic rings. The number of nitrogens with one attached hydrogen (secondary N) is 1. The first kappa shape index (κ1) is 20.7. The van der Waals surface area contributed by atoms with Crippen molar-refractivity contribution in [3.8, 4) is 5.75 Å². The van der Waals surface area contributed by atoms with Crippen molar-refractivity contribution >= 4 is 23.2 Å². The van der Waals surface area contributed by atoms with Crippen LogP contribution in [0.3, 0.4) is 0 Å². The monoisotopic (exact) mass is 413 g/mol. The summed E-state index contributed by atoms with van der Waals surface area (Å²) in [4.78, 5) is 0. The lowest BCUT2D eigenvalue weighted by Gasteiger charge is -2.17. The minimum Gasteiger partial charge on any atom is -0.489 e. The average Bonchev–Trinajstić information content (AvgIpc) is 2.72. The van der Waals surface area contributed by atoms with Crippen LogP contribution in [-0.4, -0.2) is 6.04 Å². The molecule has 0 bridgehead atoms. The van der Waals surface area contributed by atoms with E-state index < -0.39 is 0 Å². The van der Waals surface area contributed by atoms with Crippen LogP contribution in [0.5, 0.6) is 5.75 Å². The summed E-state index contributed by atoms with van der Waals surface area (Å²) in [5.74, 6) is 0.826. The Kier molecular flexibility index (Phi) is 7.79. The summed E-state index contributed by atoms with van der Waals surface area (Å²) in [6, 6.07) is 24.4. The molecule has 4 heteroatoms. The zero-order valence-electron chi connectivity index (χ0n) is 16.0. The Morgan fingerprint density at radius 1 is 0.893 bits per heavy atom. The van der Waals surface area contributed by atoms with Gasteiger partial charge in [-0.3, -0.25) is 0 Å². The highest BCUT2D eigenvalue weighted by molar-refractivity contribution is 6.31. The molecular formula is C24H25Cl2NO. The van der Waals surface area contributed by atoms with Crippen LogP contribution in [0.4, 0.5) is 0 Å². The third-order valence-electron chi connectivity index (χ3n) is 4.71. The van der Waals surface area contributed by atoms with Gasteiger partial charge in [-0.25, -0.2) is 0 Å². The second kappa shape index (κ2) is 10.5. The van der Waals surface area contributed by atoms with Crippen LogP contribution in [0.15, 0.2) is 72.8 Å². The number of ether oxygens (including phenoxy) is 1. The minimum atomic E-state index is 0.385. The van der Waals surface area contributed by atoms with E-state index >= 15 is 0 Å². The number of halogens is 2. The maximum atomic E-state index is 6.23. The molecule has 1 atom stereocenters. The molecule has 0 saturated carbocycles. The van der Waals surface area contributed by atoms with E-state index in [0.717, 1.165) is 29.7 Å². The molecule has 3 aromatic carbocycles. The molecule has 0 aliphatic carbocycles. The zero-order chi connectivity index (χ0) is 19.8. The Balaban J connectivity index is 1.57. The van der Waals surface area contributed by atoms with Crippen molar-refractivity contribution in [2.75, 3.05) is 0 Å². The molecule has 28 heavy (non-hydrogen) atoms. The van der Waals surface area contributed by atoms with Crippen molar-refractivity contribution in [1.82, 2.24) is 5.32 Å². The zero-order valence-corrected chi connectivity index (χ0v) is 17.5. The van der Waals surface area contributed by atoms with Crippen LogP contribution in [0.2, 0.25) is 10.0 Å². The number of hydrogen-bond acceptors (Lipinski definition) is 2. The molecule has 0 spiro atoms. The lowest BCUT2D eigenvalue weighted by atomic mass is 10.1. The Hall–Kier alpha value is -2.00. The number of benzene rings is 3. The maximum absolute atomic E-state index is 6.23. The van der Waals surface area contributed by atoms with E-state index in [0.29, 0.717) is 29.2 Å². The third kappa shape index (κ3) is 6.27. The molecule has 0 amide bonds. The highest BCUT2D eigenvalue weighted by atomic mass is 35.5. The quantitative estimate of drug-likeness (QED) is 0.422. The van der Waals surface area contributed by atoms with Crippen molar-refractivity contribution < 1.29 is 4.74 Å². The Bertz CT molecular complexity index is 883. The first-order chi connectivity index (χ1) is 13.6. The molecule has 3 rings (SSSR count). The van der Waals surface area contributed by atoms with Gasteiger partial charge in [-0.2, -0.15) is 0 Å². The molecular weight excluding hydrogens is 389 g/mol. The van der Waals surface area contributed by atoms with Gasteiger partial charge in [0.2, 0.25) is 0 Å². The predicted molar refractivity (Wildman–Crippen MR) is 118 cm³/mol. The summed E-state index contributed by atoms with van der Waals surface area (Å²) in [6.07, 6.45) is 2.13. The van der Waals surface area contributed by atoms with Gasteiger partial charge in [0.15, 0.2) is 0 Å². The van der Waals surface area contributed by atoms with Gasteiger partial charge in [0.1, 0.15) is 12.4 Å². The van der Waals surface area contributed by atoms with Crippen molar-refractivity contribution in [3.05, 3.63) is 99.5 Å². The second-order valence-electron chi connectivity index (χ2n) is 6.94. The van der Waals surface area contributed by atoms with Gasteiger partial charge in [0.05, 0.1) is 0 Å². The molecule has 0 aromatic heterocycles. The fourth-order valence-corrected chi connectivity index (χ4v) is 3.40. The Morgan fingerprint density at radius 3 is 2.43 bits per heavy atom. The minimum absolute atomic E-state index is 0.385. The first-order valence-electron chi connectivity index (χ1n) is 9.54. The molecule has 0 aliphatic heterocycles. The molecule has 1 N–H and O–H groups in total. The lowest BCUT2D eigenvalue weighted by molar-refractivity contribution is 0.301. The summed E-state index contributed by atoms with van der Waals surface area (Å²) < 4.78 is 6.04. The van der Waals surface area contributed by atoms with E-state index in [2.05, 4.69) is 42.6 Å². The largest absolute Gasteiger partial charge is 0.489 e. The molecule has 0 radical (unpaired) electrons. The van der Waals surface area contributed by atoms with E-state index in [1.54, 1.807) is 0 Å². The molecule has 0 unspecified atom stereocenters. The fourth-order valence-electron chi connectivity index (χ4n) is 3.01. The molecule has 146 valence electrons. The lowest BCUT2D eigenvalue weighted by Crippen LogP contribution is -2.26. The van der Waals surface area contributed by atoms with Gasteiger partial charge in [-0.1, -0.05) is 71.7 Å². The van der Waals surface area contributed by atoms with Crippen LogP contribution < -0.4 is 10.1 Å². The van der Waals surface area contributed by atoms with Crippen LogP contribution >= 0.6 is 23.2 Å². The predicted octanol–water partition coefficient (Wildman–Crippen LogP) is 6.68. The van der Waals surface area contributed by atoms with Crippen LogP contribution in [-0.2, 0) is 19.6 Å². The van der Waals surface area contributed by atoms with E-state index in [1.807, 2.05) is 42.5 Å². The van der Waals surface area contributed by atoms with Crippen molar-refractivity contribution in [2.45, 2.75) is 39.0 Å². The smallest absolute Gasteiger partial charge is 0.124 e. The number of aryl methyl sites for hydroxylation is 1. The van der Waals surface area contributed by atoms with Crippen molar-refractivity contribution in [3.63, 3.8) is 0 Å². The Morgan fingerprint density at radius 2 is 1.64 bits per heavy atom. The van der Waals surface area contributed by atoms with Gasteiger partial charge in [-0.05, 0) is 49.6 Å². The fraction of sp³-hybridized carbons (Fsp3) is 0.250. The van der Waals surface area contributed by atoms with E-state index in [-0.39, 0.29) is 0 Å². The SMILES string of the molecule is C[C@@H](CCc1ccccc1)NCc1cc(Cl)ccc1OCc1ccccc1Cl. The normalized spacial score (nSPS) is 12.0. The summed E-state index contributed by atoms with van der Waals surface area (Å²) in [6.45, 7) is 3.34. The molecule has 2 nitrogen and oxygen atoms in total. The van der Waals surface area contributed by atoms with Gasteiger partial charge in [-0.15, -0.1) is 0 Å². The summed E-state index contributed by atoms with van der Waals surface area (Å²) in [5.41, 5.74) is 3.38. The van der Waals surface area contributed by atoms with Gasteiger partial charge >= 0.3 is 0 Å². The molecule has 0 fully saturated rings. The van der Waals surface area contributed by atoms with Gasteiger partial charge < -0.3 is 10.1 Å². The van der Waals surface area contributed by atoms with Crippen molar-refractivity contribution in [1.29, 1.82) is 0 Å². The van der Waals surface area contributed by atoms with Gasteiger partial charge in [0, 0.05) is 33.8 Å².